The monoisotopic (exact) mass is 278 g/mol. The molecule has 0 unspecified atom stereocenters. The van der Waals surface area contributed by atoms with Crippen molar-refractivity contribution >= 4 is 17.7 Å². The average molecular weight is 278 g/mol. The SMILES string of the molecule is CC(C)(SCc1ccc(C(F)(F)F)cc1)C(=O)O. The largest absolute Gasteiger partial charge is 0.480 e. The highest BCUT2D eigenvalue weighted by Crippen LogP contribution is 2.31. The van der Waals surface area contributed by atoms with Crippen molar-refractivity contribution in [1.82, 2.24) is 0 Å². The second-order valence-corrected chi connectivity index (χ2v) is 5.90. The zero-order valence-corrected chi connectivity index (χ0v) is 10.7. The Morgan fingerprint density at radius 2 is 1.72 bits per heavy atom. The molecule has 0 aliphatic carbocycles. The van der Waals surface area contributed by atoms with Gasteiger partial charge in [-0.1, -0.05) is 12.1 Å². The minimum Gasteiger partial charge on any atom is -0.480 e. The number of rotatable bonds is 4. The number of benzene rings is 1. The van der Waals surface area contributed by atoms with Crippen molar-refractivity contribution < 1.29 is 23.1 Å². The van der Waals surface area contributed by atoms with Gasteiger partial charge in [-0.15, -0.1) is 11.8 Å². The van der Waals surface area contributed by atoms with E-state index in [1.165, 1.54) is 23.9 Å². The molecule has 1 N–H and O–H groups in total. The number of carbonyl (C=O) groups is 1. The average Bonchev–Trinajstić information content (AvgIpc) is 2.25. The molecule has 0 saturated carbocycles. The van der Waals surface area contributed by atoms with Crippen LogP contribution >= 0.6 is 11.8 Å². The molecule has 18 heavy (non-hydrogen) atoms. The predicted molar refractivity (Wildman–Crippen MR) is 64.5 cm³/mol. The third kappa shape index (κ3) is 3.94. The second kappa shape index (κ2) is 5.22. The van der Waals surface area contributed by atoms with E-state index in [0.717, 1.165) is 12.1 Å². The fraction of sp³-hybridized carbons (Fsp3) is 0.417. The van der Waals surface area contributed by atoms with Crippen molar-refractivity contribution in [1.29, 1.82) is 0 Å². The Morgan fingerprint density at radius 1 is 1.22 bits per heavy atom. The van der Waals surface area contributed by atoms with E-state index in [0.29, 0.717) is 11.3 Å². The molecule has 0 heterocycles. The van der Waals surface area contributed by atoms with Gasteiger partial charge >= 0.3 is 12.1 Å². The van der Waals surface area contributed by atoms with Crippen molar-refractivity contribution in [3.8, 4) is 0 Å². The minimum atomic E-state index is -4.34. The van der Waals surface area contributed by atoms with Crippen LogP contribution in [0, 0.1) is 0 Å². The van der Waals surface area contributed by atoms with Gasteiger partial charge in [-0.05, 0) is 31.5 Å². The summed E-state index contributed by atoms with van der Waals surface area (Å²) in [5.74, 6) is -0.586. The molecule has 0 aliphatic rings. The Hall–Kier alpha value is -1.17. The van der Waals surface area contributed by atoms with Gasteiger partial charge in [0.1, 0.15) is 4.75 Å². The summed E-state index contributed by atoms with van der Waals surface area (Å²) in [4.78, 5) is 10.9. The van der Waals surface area contributed by atoms with E-state index in [-0.39, 0.29) is 0 Å². The van der Waals surface area contributed by atoms with Gasteiger partial charge in [0.05, 0.1) is 5.56 Å². The number of hydrogen-bond acceptors (Lipinski definition) is 2. The lowest BCUT2D eigenvalue weighted by molar-refractivity contribution is -0.139. The quantitative estimate of drug-likeness (QED) is 0.910. The van der Waals surface area contributed by atoms with E-state index >= 15 is 0 Å². The number of carboxylic acid groups (broad SMARTS) is 1. The number of thioether (sulfide) groups is 1. The Balaban J connectivity index is 2.68. The smallest absolute Gasteiger partial charge is 0.416 e. The molecule has 1 aromatic rings. The topological polar surface area (TPSA) is 37.3 Å². The van der Waals surface area contributed by atoms with Crippen LogP contribution in [0.15, 0.2) is 24.3 Å². The van der Waals surface area contributed by atoms with Crippen LogP contribution in [-0.2, 0) is 16.7 Å². The van der Waals surface area contributed by atoms with Crippen LogP contribution in [0.1, 0.15) is 25.0 Å². The van der Waals surface area contributed by atoms with E-state index in [2.05, 4.69) is 0 Å². The van der Waals surface area contributed by atoms with Crippen molar-refractivity contribution in [3.05, 3.63) is 35.4 Å². The van der Waals surface area contributed by atoms with Gasteiger partial charge in [0.2, 0.25) is 0 Å². The lowest BCUT2D eigenvalue weighted by atomic mass is 10.1. The first kappa shape index (κ1) is 14.9. The van der Waals surface area contributed by atoms with Gasteiger partial charge in [-0.2, -0.15) is 13.2 Å². The summed E-state index contributed by atoms with van der Waals surface area (Å²) >= 11 is 1.17. The van der Waals surface area contributed by atoms with Crippen molar-refractivity contribution in [2.24, 2.45) is 0 Å². The summed E-state index contributed by atoms with van der Waals surface area (Å²) < 4.78 is 36.0. The molecule has 0 spiro atoms. The van der Waals surface area contributed by atoms with E-state index < -0.39 is 22.5 Å². The number of aliphatic carboxylic acids is 1. The van der Waals surface area contributed by atoms with Gasteiger partial charge in [0, 0.05) is 5.75 Å². The molecule has 0 radical (unpaired) electrons. The number of alkyl halides is 3. The Kier molecular flexibility index (Phi) is 4.32. The van der Waals surface area contributed by atoms with Crippen molar-refractivity contribution in [2.45, 2.75) is 30.5 Å². The summed E-state index contributed by atoms with van der Waals surface area (Å²) in [6.07, 6.45) is -4.34. The van der Waals surface area contributed by atoms with Crippen LogP contribution in [0.2, 0.25) is 0 Å². The third-order valence-electron chi connectivity index (χ3n) is 2.40. The lowest BCUT2D eigenvalue weighted by Crippen LogP contribution is -2.27. The zero-order valence-electron chi connectivity index (χ0n) is 9.91. The molecular weight excluding hydrogens is 265 g/mol. The molecule has 0 atom stereocenters. The fourth-order valence-corrected chi connectivity index (χ4v) is 1.96. The molecule has 0 amide bonds. The second-order valence-electron chi connectivity index (χ2n) is 4.30. The first-order valence-electron chi connectivity index (χ1n) is 5.16. The molecule has 0 bridgehead atoms. The van der Waals surface area contributed by atoms with Gasteiger partial charge in [0.25, 0.3) is 0 Å². The van der Waals surface area contributed by atoms with E-state index in [9.17, 15) is 18.0 Å². The zero-order chi connectivity index (χ0) is 14.0. The van der Waals surface area contributed by atoms with E-state index in [1.807, 2.05) is 0 Å². The van der Waals surface area contributed by atoms with Crippen LogP contribution < -0.4 is 0 Å². The first-order chi connectivity index (χ1) is 8.13. The Morgan fingerprint density at radius 3 is 2.11 bits per heavy atom. The summed E-state index contributed by atoms with van der Waals surface area (Å²) in [6, 6.07) is 4.74. The van der Waals surface area contributed by atoms with E-state index in [1.54, 1.807) is 13.8 Å². The van der Waals surface area contributed by atoms with Gasteiger partial charge in [-0.25, -0.2) is 0 Å². The standard InChI is InChI=1S/C12H13F3O2S/c1-11(2,10(16)17)18-7-8-3-5-9(6-4-8)12(13,14)15/h3-6H,7H2,1-2H3,(H,16,17). The van der Waals surface area contributed by atoms with Crippen LogP contribution in [-0.4, -0.2) is 15.8 Å². The summed E-state index contributed by atoms with van der Waals surface area (Å²) in [5, 5.41) is 8.90. The number of hydrogen-bond donors (Lipinski definition) is 1. The summed E-state index contributed by atoms with van der Waals surface area (Å²) in [5.41, 5.74) is -0.0314. The Bertz CT molecular complexity index is 424. The molecule has 2 nitrogen and oxygen atoms in total. The highest BCUT2D eigenvalue weighted by atomic mass is 32.2. The maximum Gasteiger partial charge on any atom is 0.416 e. The summed E-state index contributed by atoms with van der Waals surface area (Å²) in [7, 11) is 0. The molecule has 6 heteroatoms. The van der Waals surface area contributed by atoms with Crippen LogP contribution in [0.25, 0.3) is 0 Å². The molecular formula is C12H13F3O2S. The lowest BCUT2D eigenvalue weighted by Gasteiger charge is -2.18. The number of carboxylic acids is 1. The molecule has 100 valence electrons. The predicted octanol–water partition coefficient (Wildman–Crippen LogP) is 3.80. The maximum atomic E-state index is 12.3. The highest BCUT2D eigenvalue weighted by molar-refractivity contribution is 8.00. The third-order valence-corrected chi connectivity index (χ3v) is 3.77. The van der Waals surface area contributed by atoms with Gasteiger partial charge in [0.15, 0.2) is 0 Å². The minimum absolute atomic E-state index is 0.359. The fourth-order valence-electron chi connectivity index (χ4n) is 1.12. The van der Waals surface area contributed by atoms with Crippen molar-refractivity contribution in [3.63, 3.8) is 0 Å². The molecule has 0 aromatic heterocycles. The molecule has 0 saturated heterocycles. The molecule has 1 rings (SSSR count). The van der Waals surface area contributed by atoms with Gasteiger partial charge in [-0.3, -0.25) is 4.79 Å². The van der Waals surface area contributed by atoms with Gasteiger partial charge < -0.3 is 5.11 Å². The first-order valence-corrected chi connectivity index (χ1v) is 6.15. The molecule has 1 aromatic carbocycles. The van der Waals surface area contributed by atoms with Crippen LogP contribution in [0.5, 0.6) is 0 Å². The summed E-state index contributed by atoms with van der Waals surface area (Å²) in [6.45, 7) is 3.12. The molecule has 0 aliphatic heterocycles. The van der Waals surface area contributed by atoms with Crippen LogP contribution in [0.3, 0.4) is 0 Å². The molecule has 0 fully saturated rings. The van der Waals surface area contributed by atoms with Crippen LogP contribution in [0.4, 0.5) is 13.2 Å². The number of halogens is 3. The maximum absolute atomic E-state index is 12.3. The normalized spacial score (nSPS) is 12.5. The highest BCUT2D eigenvalue weighted by Gasteiger charge is 2.30. The van der Waals surface area contributed by atoms with E-state index in [4.69, 9.17) is 5.11 Å². The van der Waals surface area contributed by atoms with Crippen molar-refractivity contribution in [2.75, 3.05) is 0 Å². The Labute approximate surface area is 107 Å².